The Kier molecular flexibility index (Phi) is 2.99. The molecule has 20 heavy (non-hydrogen) atoms. The number of hydrogen-bond donors (Lipinski definition) is 0. The third-order valence-corrected chi connectivity index (χ3v) is 4.29. The van der Waals surface area contributed by atoms with E-state index in [0.29, 0.717) is 5.82 Å². The first kappa shape index (κ1) is 13.1. The van der Waals surface area contributed by atoms with E-state index in [1.807, 2.05) is 42.5 Å². The molecule has 2 aromatic carbocycles. The lowest BCUT2D eigenvalue weighted by molar-refractivity contribution is 0.593. The number of fused-ring (bicyclic) bond motifs is 1. The lowest BCUT2D eigenvalue weighted by Crippen LogP contribution is -2.03. The fourth-order valence-electron chi connectivity index (χ4n) is 2.18. The average Bonchev–Trinajstić information content (AvgIpc) is 2.80. The minimum atomic E-state index is -3.91. The Bertz CT molecular complexity index is 898. The quantitative estimate of drug-likeness (QED) is 0.683. The van der Waals surface area contributed by atoms with E-state index in [-0.39, 0.29) is 5.16 Å². The summed E-state index contributed by atoms with van der Waals surface area (Å²) in [5.41, 5.74) is 0.810. The molecule has 0 aliphatic carbocycles. The molecule has 1 aromatic heterocycles. The lowest BCUT2D eigenvalue weighted by atomic mass is 10.0. The Hall–Kier alpha value is -1.92. The first-order chi connectivity index (χ1) is 9.48. The largest absolute Gasteiger partial charge is 0.300 e. The molecule has 5 nitrogen and oxygen atoms in total. The van der Waals surface area contributed by atoms with Crippen molar-refractivity contribution in [2.75, 3.05) is 0 Å². The van der Waals surface area contributed by atoms with Crippen molar-refractivity contribution in [1.82, 2.24) is 14.8 Å². The number of benzene rings is 2. The van der Waals surface area contributed by atoms with Crippen molar-refractivity contribution in [3.63, 3.8) is 0 Å². The summed E-state index contributed by atoms with van der Waals surface area (Å²) in [6, 6.07) is 13.5. The highest BCUT2D eigenvalue weighted by Gasteiger charge is 2.21. The summed E-state index contributed by atoms with van der Waals surface area (Å²) in [6.07, 6.45) is 0. The third kappa shape index (κ3) is 2.07. The molecule has 0 saturated carbocycles. The molecule has 7 heteroatoms. The third-order valence-electron chi connectivity index (χ3n) is 3.08. The molecule has 0 aliphatic heterocycles. The molecule has 0 N–H and O–H groups in total. The highest BCUT2D eigenvalue weighted by Crippen LogP contribution is 2.28. The number of halogens is 1. The zero-order chi connectivity index (χ0) is 14.3. The van der Waals surface area contributed by atoms with Crippen LogP contribution in [0.1, 0.15) is 0 Å². The molecule has 0 saturated heterocycles. The first-order valence-electron chi connectivity index (χ1n) is 5.80. The van der Waals surface area contributed by atoms with Gasteiger partial charge in [0, 0.05) is 23.3 Å². The second kappa shape index (κ2) is 4.57. The van der Waals surface area contributed by atoms with Crippen LogP contribution in [0, 0.1) is 0 Å². The van der Waals surface area contributed by atoms with E-state index in [4.69, 9.17) is 10.7 Å². The highest BCUT2D eigenvalue weighted by molar-refractivity contribution is 8.13. The van der Waals surface area contributed by atoms with Gasteiger partial charge in [-0.05, 0) is 10.8 Å². The van der Waals surface area contributed by atoms with Crippen LogP contribution in [0.4, 0.5) is 0 Å². The molecule has 3 aromatic rings. The molecule has 0 amide bonds. The summed E-state index contributed by atoms with van der Waals surface area (Å²) in [4.78, 5) is 0. The Labute approximate surface area is 120 Å². The van der Waals surface area contributed by atoms with Crippen molar-refractivity contribution in [3.05, 3.63) is 42.5 Å². The van der Waals surface area contributed by atoms with Gasteiger partial charge in [0.15, 0.2) is 5.82 Å². The van der Waals surface area contributed by atoms with E-state index in [1.54, 1.807) is 7.05 Å². The Balaban J connectivity index is 2.30. The predicted molar refractivity (Wildman–Crippen MR) is 77.0 cm³/mol. The molecule has 0 spiro atoms. The van der Waals surface area contributed by atoms with Gasteiger partial charge >= 0.3 is 0 Å². The van der Waals surface area contributed by atoms with Gasteiger partial charge in [-0.2, -0.15) is 0 Å². The van der Waals surface area contributed by atoms with Crippen LogP contribution in [0.5, 0.6) is 0 Å². The molecule has 3 rings (SSSR count). The minimum Gasteiger partial charge on any atom is -0.300 e. The van der Waals surface area contributed by atoms with Gasteiger partial charge in [0.2, 0.25) is 0 Å². The number of rotatable bonds is 2. The van der Waals surface area contributed by atoms with Gasteiger partial charge in [0.25, 0.3) is 14.2 Å². The van der Waals surface area contributed by atoms with Crippen molar-refractivity contribution in [3.8, 4) is 11.4 Å². The van der Waals surface area contributed by atoms with E-state index < -0.39 is 9.05 Å². The van der Waals surface area contributed by atoms with E-state index in [2.05, 4.69) is 10.2 Å². The topological polar surface area (TPSA) is 64.8 Å². The zero-order valence-corrected chi connectivity index (χ0v) is 12.1. The second-order valence-electron chi connectivity index (χ2n) is 4.33. The van der Waals surface area contributed by atoms with Crippen LogP contribution in [-0.2, 0) is 16.1 Å². The number of aromatic nitrogens is 3. The standard InChI is InChI=1S/C13H10ClN3O2S/c1-17-12(15-16-13(17)20(14,18)19)11-8-4-6-9-5-2-3-7-10(9)11/h2-8H,1H3. The van der Waals surface area contributed by atoms with Crippen molar-refractivity contribution in [2.45, 2.75) is 5.16 Å². The lowest BCUT2D eigenvalue weighted by Gasteiger charge is -2.06. The number of nitrogens with zero attached hydrogens (tertiary/aromatic N) is 3. The van der Waals surface area contributed by atoms with Crippen LogP contribution in [0.2, 0.25) is 0 Å². The van der Waals surface area contributed by atoms with Crippen LogP contribution in [0.25, 0.3) is 22.2 Å². The van der Waals surface area contributed by atoms with Gasteiger partial charge < -0.3 is 0 Å². The summed E-state index contributed by atoms with van der Waals surface area (Å²) in [6.45, 7) is 0. The predicted octanol–water partition coefficient (Wildman–Crippen LogP) is 2.56. The smallest absolute Gasteiger partial charge is 0.296 e. The average molecular weight is 308 g/mol. The summed E-state index contributed by atoms with van der Waals surface area (Å²) < 4.78 is 24.2. The monoisotopic (exact) mass is 307 g/mol. The first-order valence-corrected chi connectivity index (χ1v) is 8.11. The molecule has 102 valence electrons. The maximum Gasteiger partial charge on any atom is 0.296 e. The van der Waals surface area contributed by atoms with Crippen LogP contribution < -0.4 is 0 Å². The van der Waals surface area contributed by atoms with Crippen molar-refractivity contribution >= 4 is 30.5 Å². The van der Waals surface area contributed by atoms with Gasteiger partial charge in [-0.15, -0.1) is 10.2 Å². The Morgan fingerprint density at radius 1 is 1.05 bits per heavy atom. The molecule has 0 aliphatic rings. The van der Waals surface area contributed by atoms with Crippen LogP contribution >= 0.6 is 10.7 Å². The summed E-state index contributed by atoms with van der Waals surface area (Å²) >= 11 is 0. The van der Waals surface area contributed by atoms with E-state index in [1.165, 1.54) is 4.57 Å². The zero-order valence-electron chi connectivity index (χ0n) is 10.5. The molecule has 0 bridgehead atoms. The molecule has 0 unspecified atom stereocenters. The molecular weight excluding hydrogens is 298 g/mol. The van der Waals surface area contributed by atoms with Crippen molar-refractivity contribution in [1.29, 1.82) is 0 Å². The van der Waals surface area contributed by atoms with E-state index in [9.17, 15) is 8.42 Å². The fourth-order valence-corrected chi connectivity index (χ4v) is 3.14. The van der Waals surface area contributed by atoms with Gasteiger partial charge in [0.1, 0.15) is 0 Å². The molecule has 1 heterocycles. The number of hydrogen-bond acceptors (Lipinski definition) is 4. The Morgan fingerprint density at radius 2 is 1.75 bits per heavy atom. The summed E-state index contributed by atoms with van der Waals surface area (Å²) in [5, 5.41) is 9.37. The van der Waals surface area contributed by atoms with Gasteiger partial charge in [-0.1, -0.05) is 42.5 Å². The van der Waals surface area contributed by atoms with Gasteiger partial charge in [-0.3, -0.25) is 4.57 Å². The van der Waals surface area contributed by atoms with Crippen LogP contribution in [-0.4, -0.2) is 23.2 Å². The fraction of sp³-hybridized carbons (Fsp3) is 0.0769. The van der Waals surface area contributed by atoms with Crippen LogP contribution in [0.15, 0.2) is 47.6 Å². The minimum absolute atomic E-state index is 0.262. The second-order valence-corrected chi connectivity index (χ2v) is 6.79. The molecule has 0 fully saturated rings. The Morgan fingerprint density at radius 3 is 2.45 bits per heavy atom. The van der Waals surface area contributed by atoms with Gasteiger partial charge in [-0.25, -0.2) is 8.42 Å². The highest BCUT2D eigenvalue weighted by atomic mass is 35.7. The summed E-state index contributed by atoms with van der Waals surface area (Å²) in [5.74, 6) is 0.459. The maximum atomic E-state index is 11.4. The van der Waals surface area contributed by atoms with Crippen molar-refractivity contribution in [2.24, 2.45) is 7.05 Å². The van der Waals surface area contributed by atoms with Crippen molar-refractivity contribution < 1.29 is 8.42 Å². The molecule has 0 radical (unpaired) electrons. The molecule has 0 atom stereocenters. The van der Waals surface area contributed by atoms with Gasteiger partial charge in [0.05, 0.1) is 0 Å². The summed E-state index contributed by atoms with van der Waals surface area (Å²) in [7, 11) is 3.00. The maximum absolute atomic E-state index is 11.4. The normalized spacial score (nSPS) is 11.9. The van der Waals surface area contributed by atoms with E-state index >= 15 is 0 Å². The SMILES string of the molecule is Cn1c(-c2cccc3ccccc23)nnc1S(=O)(=O)Cl. The molecular formula is C13H10ClN3O2S. The van der Waals surface area contributed by atoms with E-state index in [0.717, 1.165) is 16.3 Å². The van der Waals surface area contributed by atoms with Crippen LogP contribution in [0.3, 0.4) is 0 Å².